The predicted octanol–water partition coefficient (Wildman–Crippen LogP) is 0.480. The van der Waals surface area contributed by atoms with E-state index in [1.54, 1.807) is 24.3 Å². The van der Waals surface area contributed by atoms with E-state index >= 15 is 0 Å². The Labute approximate surface area is 121 Å². The zero-order valence-corrected chi connectivity index (χ0v) is 11.8. The number of carboxylic acid groups (broad SMARTS) is 1. The van der Waals surface area contributed by atoms with Crippen LogP contribution in [-0.4, -0.2) is 49.5 Å². The highest BCUT2D eigenvalue weighted by atomic mass is 32.2. The molecule has 0 spiro atoms. The highest BCUT2D eigenvalue weighted by Crippen LogP contribution is 2.25. The van der Waals surface area contributed by atoms with Crippen molar-refractivity contribution < 1.29 is 22.7 Å². The van der Waals surface area contributed by atoms with Crippen molar-refractivity contribution >= 4 is 27.0 Å². The molecule has 2 heterocycles. The van der Waals surface area contributed by atoms with E-state index in [-0.39, 0.29) is 24.7 Å². The monoisotopic (exact) mass is 310 g/mol. The van der Waals surface area contributed by atoms with Crippen LogP contribution in [0.1, 0.15) is 0 Å². The summed E-state index contributed by atoms with van der Waals surface area (Å²) in [6.45, 7) is 0.383. The Bertz CT molecular complexity index is 750. The molecular formula is C13H14N2O5S. The van der Waals surface area contributed by atoms with Gasteiger partial charge in [0, 0.05) is 31.1 Å². The summed E-state index contributed by atoms with van der Waals surface area (Å²) < 4.78 is 31.6. The Kier molecular flexibility index (Phi) is 3.44. The molecule has 21 heavy (non-hydrogen) atoms. The molecule has 8 heteroatoms. The Morgan fingerprint density at radius 1 is 1.38 bits per heavy atom. The first-order chi connectivity index (χ1) is 9.98. The second-order valence-electron chi connectivity index (χ2n) is 4.81. The Morgan fingerprint density at radius 2 is 2.14 bits per heavy atom. The van der Waals surface area contributed by atoms with Crippen molar-refractivity contribution in [2.75, 3.05) is 19.6 Å². The average molecular weight is 310 g/mol. The SMILES string of the molecule is O=C(O)[C@H]1CN(S(=O)(=O)c2cc3ccccc3o2)CCN1. The molecule has 0 saturated carbocycles. The summed E-state index contributed by atoms with van der Waals surface area (Å²) in [6.07, 6.45) is 0. The van der Waals surface area contributed by atoms with Gasteiger partial charge < -0.3 is 14.8 Å². The largest absolute Gasteiger partial charge is 0.480 e. The van der Waals surface area contributed by atoms with Crippen molar-refractivity contribution in [3.05, 3.63) is 30.3 Å². The van der Waals surface area contributed by atoms with Crippen molar-refractivity contribution in [3.8, 4) is 0 Å². The number of sulfonamides is 1. The van der Waals surface area contributed by atoms with E-state index in [0.29, 0.717) is 11.0 Å². The predicted molar refractivity (Wildman–Crippen MR) is 74.4 cm³/mol. The van der Waals surface area contributed by atoms with Gasteiger partial charge in [-0.25, -0.2) is 8.42 Å². The van der Waals surface area contributed by atoms with E-state index in [1.165, 1.54) is 6.07 Å². The van der Waals surface area contributed by atoms with Crippen molar-refractivity contribution in [3.63, 3.8) is 0 Å². The fraction of sp³-hybridized carbons (Fsp3) is 0.308. The smallest absolute Gasteiger partial charge is 0.322 e. The van der Waals surface area contributed by atoms with E-state index in [1.807, 2.05) is 0 Å². The van der Waals surface area contributed by atoms with Crippen LogP contribution < -0.4 is 5.32 Å². The number of furan rings is 1. The minimum absolute atomic E-state index is 0.116. The average Bonchev–Trinajstić information content (AvgIpc) is 2.92. The number of benzene rings is 1. The number of rotatable bonds is 3. The third kappa shape index (κ3) is 2.53. The van der Waals surface area contributed by atoms with Crippen molar-refractivity contribution in [2.45, 2.75) is 11.1 Å². The van der Waals surface area contributed by atoms with Crippen molar-refractivity contribution in [1.29, 1.82) is 0 Å². The van der Waals surface area contributed by atoms with Crippen LogP contribution in [0.3, 0.4) is 0 Å². The molecule has 0 amide bonds. The van der Waals surface area contributed by atoms with Gasteiger partial charge in [0.05, 0.1) is 0 Å². The van der Waals surface area contributed by atoms with E-state index < -0.39 is 22.0 Å². The molecule has 1 saturated heterocycles. The second-order valence-corrected chi connectivity index (χ2v) is 6.68. The number of carbonyl (C=O) groups is 1. The van der Waals surface area contributed by atoms with Crippen LogP contribution in [0, 0.1) is 0 Å². The number of fused-ring (bicyclic) bond motifs is 1. The first kappa shape index (κ1) is 14.1. The molecule has 0 aliphatic carbocycles. The topological polar surface area (TPSA) is 99.9 Å². The van der Waals surface area contributed by atoms with Gasteiger partial charge in [-0.15, -0.1) is 0 Å². The summed E-state index contributed by atoms with van der Waals surface area (Å²) in [5.74, 6) is -1.07. The normalized spacial score (nSPS) is 20.7. The molecule has 0 unspecified atom stereocenters. The Hall–Kier alpha value is -1.90. The number of nitrogens with zero attached hydrogens (tertiary/aromatic N) is 1. The Balaban J connectivity index is 1.94. The fourth-order valence-corrected chi connectivity index (χ4v) is 3.72. The van der Waals surface area contributed by atoms with Gasteiger partial charge in [-0.3, -0.25) is 4.79 Å². The number of aliphatic carboxylic acids is 1. The fourth-order valence-electron chi connectivity index (χ4n) is 2.32. The summed E-state index contributed by atoms with van der Waals surface area (Å²) in [5, 5.41) is 12.3. The number of nitrogens with one attached hydrogen (secondary N) is 1. The lowest BCUT2D eigenvalue weighted by atomic mass is 10.2. The molecular weight excluding hydrogens is 296 g/mol. The zero-order valence-electron chi connectivity index (χ0n) is 11.0. The van der Waals surface area contributed by atoms with Gasteiger partial charge in [0.1, 0.15) is 11.6 Å². The molecule has 0 bridgehead atoms. The summed E-state index contributed by atoms with van der Waals surface area (Å²) in [4.78, 5) is 11.0. The molecule has 3 rings (SSSR count). The molecule has 1 atom stereocenters. The third-order valence-electron chi connectivity index (χ3n) is 3.43. The Morgan fingerprint density at radius 3 is 2.86 bits per heavy atom. The van der Waals surface area contributed by atoms with Crippen LogP contribution >= 0.6 is 0 Å². The summed E-state index contributed by atoms with van der Waals surface area (Å²) >= 11 is 0. The molecule has 1 aromatic heterocycles. The molecule has 2 N–H and O–H groups in total. The lowest BCUT2D eigenvalue weighted by Crippen LogP contribution is -2.55. The van der Waals surface area contributed by atoms with Crippen LogP contribution in [-0.2, 0) is 14.8 Å². The second kappa shape index (κ2) is 5.14. The quantitative estimate of drug-likeness (QED) is 0.855. The molecule has 0 radical (unpaired) electrons. The molecule has 112 valence electrons. The zero-order chi connectivity index (χ0) is 15.0. The van der Waals surface area contributed by atoms with Crippen molar-refractivity contribution in [2.24, 2.45) is 0 Å². The van der Waals surface area contributed by atoms with Crippen LogP contribution in [0.4, 0.5) is 0 Å². The molecule has 1 aliphatic heterocycles. The summed E-state index contributed by atoms with van der Waals surface area (Å²) in [6, 6.07) is 7.55. The van der Waals surface area contributed by atoms with Gasteiger partial charge in [-0.05, 0) is 6.07 Å². The van der Waals surface area contributed by atoms with Gasteiger partial charge in [0.15, 0.2) is 0 Å². The van der Waals surface area contributed by atoms with Crippen LogP contribution in [0.15, 0.2) is 39.8 Å². The van der Waals surface area contributed by atoms with Crippen molar-refractivity contribution in [1.82, 2.24) is 9.62 Å². The van der Waals surface area contributed by atoms with Crippen LogP contribution in [0.5, 0.6) is 0 Å². The van der Waals surface area contributed by atoms with Crippen LogP contribution in [0.25, 0.3) is 11.0 Å². The highest BCUT2D eigenvalue weighted by Gasteiger charge is 2.34. The van der Waals surface area contributed by atoms with Gasteiger partial charge >= 0.3 is 5.97 Å². The lowest BCUT2D eigenvalue weighted by molar-refractivity contribution is -0.140. The minimum atomic E-state index is -3.83. The van der Waals surface area contributed by atoms with E-state index in [4.69, 9.17) is 9.52 Å². The number of carboxylic acids is 1. The highest BCUT2D eigenvalue weighted by molar-refractivity contribution is 7.89. The minimum Gasteiger partial charge on any atom is -0.480 e. The maximum Gasteiger partial charge on any atom is 0.322 e. The molecule has 1 aliphatic rings. The van der Waals surface area contributed by atoms with Gasteiger partial charge in [-0.1, -0.05) is 18.2 Å². The third-order valence-corrected chi connectivity index (χ3v) is 5.15. The maximum absolute atomic E-state index is 12.5. The summed E-state index contributed by atoms with van der Waals surface area (Å²) in [7, 11) is -3.83. The lowest BCUT2D eigenvalue weighted by Gasteiger charge is -2.29. The first-order valence-corrected chi connectivity index (χ1v) is 7.87. The number of piperazine rings is 1. The maximum atomic E-state index is 12.5. The van der Waals surface area contributed by atoms with Crippen LogP contribution in [0.2, 0.25) is 0 Å². The number of hydrogen-bond acceptors (Lipinski definition) is 5. The molecule has 7 nitrogen and oxygen atoms in total. The summed E-state index contributed by atoms with van der Waals surface area (Å²) in [5.41, 5.74) is 0.487. The van der Waals surface area contributed by atoms with E-state index in [0.717, 1.165) is 4.31 Å². The molecule has 1 fully saturated rings. The van der Waals surface area contributed by atoms with Gasteiger partial charge in [0.2, 0.25) is 5.09 Å². The first-order valence-electron chi connectivity index (χ1n) is 6.43. The van der Waals surface area contributed by atoms with Gasteiger partial charge in [-0.2, -0.15) is 4.31 Å². The number of para-hydroxylation sites is 1. The van der Waals surface area contributed by atoms with E-state index in [9.17, 15) is 13.2 Å². The molecule has 2 aromatic rings. The van der Waals surface area contributed by atoms with E-state index in [2.05, 4.69) is 5.32 Å². The van der Waals surface area contributed by atoms with Gasteiger partial charge in [0.25, 0.3) is 10.0 Å². The molecule has 1 aromatic carbocycles. The number of hydrogen-bond donors (Lipinski definition) is 2. The standard InChI is InChI=1S/C13H14N2O5S/c16-13(17)10-8-15(6-5-14-10)21(18,19)12-7-9-3-1-2-4-11(9)20-12/h1-4,7,10,14H,5-6,8H2,(H,16,17)/t10-/m1/s1.